The number of para-hydroxylation sites is 1. The lowest BCUT2D eigenvalue weighted by molar-refractivity contribution is -0.118. The van der Waals surface area contributed by atoms with Crippen molar-refractivity contribution in [3.05, 3.63) is 64.4 Å². The first-order valence-corrected chi connectivity index (χ1v) is 8.51. The Labute approximate surface area is 143 Å². The number of nitrogens with one attached hydrogen (secondary N) is 1. The van der Waals surface area contributed by atoms with Crippen molar-refractivity contribution in [3.63, 3.8) is 0 Å². The van der Waals surface area contributed by atoms with E-state index in [0.717, 1.165) is 11.3 Å². The first-order valence-electron chi connectivity index (χ1n) is 7.52. The van der Waals surface area contributed by atoms with Crippen LogP contribution in [0.25, 0.3) is 16.6 Å². The first kappa shape index (κ1) is 16.3. The van der Waals surface area contributed by atoms with Gasteiger partial charge in [-0.15, -0.1) is 0 Å². The van der Waals surface area contributed by atoms with E-state index in [1.807, 2.05) is 43.3 Å². The van der Waals surface area contributed by atoms with E-state index >= 15 is 0 Å². The zero-order valence-corrected chi connectivity index (χ0v) is 14.3. The minimum atomic E-state index is -0.135. The topological polar surface area (TPSA) is 64.0 Å². The summed E-state index contributed by atoms with van der Waals surface area (Å²) in [6.45, 7) is 1.99. The number of benzene rings is 2. The van der Waals surface area contributed by atoms with Gasteiger partial charge in [0.15, 0.2) is 5.16 Å². The van der Waals surface area contributed by atoms with Crippen molar-refractivity contribution in [2.75, 3.05) is 12.8 Å². The third-order valence-corrected chi connectivity index (χ3v) is 4.59. The molecule has 0 aliphatic rings. The van der Waals surface area contributed by atoms with Gasteiger partial charge in [0.2, 0.25) is 5.91 Å². The highest BCUT2D eigenvalue weighted by Crippen LogP contribution is 2.21. The molecule has 0 saturated carbocycles. The Hall–Kier alpha value is -2.60. The van der Waals surface area contributed by atoms with Crippen LogP contribution in [0.1, 0.15) is 5.56 Å². The Morgan fingerprint density at radius 2 is 1.88 bits per heavy atom. The normalized spacial score (nSPS) is 10.8. The second-order valence-electron chi connectivity index (χ2n) is 5.35. The van der Waals surface area contributed by atoms with Gasteiger partial charge in [-0.3, -0.25) is 14.2 Å². The zero-order chi connectivity index (χ0) is 17.1. The molecule has 0 radical (unpaired) electrons. The fourth-order valence-corrected chi connectivity index (χ4v) is 3.22. The lowest BCUT2D eigenvalue weighted by atomic mass is 10.2. The molecule has 0 bridgehead atoms. The fourth-order valence-electron chi connectivity index (χ4n) is 2.33. The van der Waals surface area contributed by atoms with Gasteiger partial charge in [0.05, 0.1) is 22.3 Å². The van der Waals surface area contributed by atoms with Gasteiger partial charge < -0.3 is 5.32 Å². The molecule has 5 nitrogen and oxygen atoms in total. The van der Waals surface area contributed by atoms with Crippen LogP contribution in [0.3, 0.4) is 0 Å². The predicted molar refractivity (Wildman–Crippen MR) is 96.9 cm³/mol. The summed E-state index contributed by atoms with van der Waals surface area (Å²) in [4.78, 5) is 29.1. The summed E-state index contributed by atoms with van der Waals surface area (Å²) < 4.78 is 1.56. The van der Waals surface area contributed by atoms with Crippen molar-refractivity contribution in [2.24, 2.45) is 0 Å². The van der Waals surface area contributed by atoms with Gasteiger partial charge in [-0.2, -0.15) is 0 Å². The number of hydrogen-bond donors (Lipinski definition) is 1. The maximum atomic E-state index is 13.0. The SMILES string of the molecule is CNC(=O)CSc1nc2ccccc2c(=O)n1-c1ccc(C)cc1. The summed E-state index contributed by atoms with van der Waals surface area (Å²) >= 11 is 1.25. The van der Waals surface area contributed by atoms with Gasteiger partial charge >= 0.3 is 0 Å². The number of nitrogens with zero attached hydrogens (tertiary/aromatic N) is 2. The second-order valence-corrected chi connectivity index (χ2v) is 6.29. The maximum absolute atomic E-state index is 13.0. The molecule has 0 fully saturated rings. The minimum Gasteiger partial charge on any atom is -0.358 e. The molecule has 0 atom stereocenters. The second kappa shape index (κ2) is 6.88. The summed E-state index contributed by atoms with van der Waals surface area (Å²) in [5.41, 5.74) is 2.34. The molecule has 0 spiro atoms. The smallest absolute Gasteiger partial charge is 0.266 e. The average molecular weight is 339 g/mol. The molecule has 0 aliphatic heterocycles. The van der Waals surface area contributed by atoms with E-state index in [1.165, 1.54) is 11.8 Å². The van der Waals surface area contributed by atoms with Gasteiger partial charge in [0.25, 0.3) is 5.56 Å². The largest absolute Gasteiger partial charge is 0.358 e. The molecule has 24 heavy (non-hydrogen) atoms. The number of thioether (sulfide) groups is 1. The molecular weight excluding hydrogens is 322 g/mol. The standard InChI is InChI=1S/C18H17N3O2S/c1-12-7-9-13(10-8-12)21-17(23)14-5-3-4-6-15(14)20-18(21)24-11-16(22)19-2/h3-10H,11H2,1-2H3,(H,19,22). The van der Waals surface area contributed by atoms with E-state index in [1.54, 1.807) is 23.7 Å². The van der Waals surface area contributed by atoms with Gasteiger partial charge in [0, 0.05) is 7.05 Å². The van der Waals surface area contributed by atoms with Crippen molar-refractivity contribution >= 4 is 28.6 Å². The van der Waals surface area contributed by atoms with Gasteiger partial charge in [0.1, 0.15) is 0 Å². The number of hydrogen-bond acceptors (Lipinski definition) is 4. The number of carbonyl (C=O) groups excluding carboxylic acids is 1. The number of aryl methyl sites for hydroxylation is 1. The Kier molecular flexibility index (Phi) is 4.66. The summed E-state index contributed by atoms with van der Waals surface area (Å²) in [6, 6.07) is 14.9. The summed E-state index contributed by atoms with van der Waals surface area (Å²) in [6.07, 6.45) is 0. The molecule has 3 rings (SSSR count). The van der Waals surface area contributed by atoms with Crippen molar-refractivity contribution in [1.29, 1.82) is 0 Å². The van der Waals surface area contributed by atoms with Gasteiger partial charge in [-0.05, 0) is 31.2 Å². The molecule has 6 heteroatoms. The lowest BCUT2D eigenvalue weighted by Crippen LogP contribution is -2.24. The summed E-state index contributed by atoms with van der Waals surface area (Å²) in [5.74, 6) is 0.0884. The lowest BCUT2D eigenvalue weighted by Gasteiger charge is -2.13. The predicted octanol–water partition coefficient (Wildman–Crippen LogP) is 2.53. The van der Waals surface area contributed by atoms with E-state index in [-0.39, 0.29) is 17.2 Å². The highest BCUT2D eigenvalue weighted by atomic mass is 32.2. The van der Waals surface area contributed by atoms with Crippen LogP contribution in [-0.4, -0.2) is 28.3 Å². The molecule has 0 unspecified atom stereocenters. The molecule has 3 aromatic rings. The Bertz CT molecular complexity index is 949. The van der Waals surface area contributed by atoms with Crippen LogP contribution in [0, 0.1) is 6.92 Å². The monoisotopic (exact) mass is 339 g/mol. The Balaban J connectivity index is 2.19. The van der Waals surface area contributed by atoms with E-state index < -0.39 is 0 Å². The van der Waals surface area contributed by atoms with Crippen molar-refractivity contribution in [2.45, 2.75) is 12.1 Å². The Morgan fingerprint density at radius 1 is 1.17 bits per heavy atom. The highest BCUT2D eigenvalue weighted by Gasteiger charge is 2.14. The number of fused-ring (bicyclic) bond motifs is 1. The first-order chi connectivity index (χ1) is 11.6. The third kappa shape index (κ3) is 3.19. The molecule has 1 aromatic heterocycles. The number of carbonyl (C=O) groups is 1. The van der Waals surface area contributed by atoms with Crippen molar-refractivity contribution in [1.82, 2.24) is 14.9 Å². The molecule has 1 heterocycles. The van der Waals surface area contributed by atoms with Crippen LogP contribution in [0.2, 0.25) is 0 Å². The van der Waals surface area contributed by atoms with Crippen LogP contribution in [0.5, 0.6) is 0 Å². The molecule has 0 saturated heterocycles. The molecule has 1 N–H and O–H groups in total. The van der Waals surface area contributed by atoms with Crippen LogP contribution >= 0.6 is 11.8 Å². The van der Waals surface area contributed by atoms with Gasteiger partial charge in [-0.25, -0.2) is 4.98 Å². The van der Waals surface area contributed by atoms with E-state index in [0.29, 0.717) is 16.1 Å². The van der Waals surface area contributed by atoms with Crippen LogP contribution in [0.4, 0.5) is 0 Å². The average Bonchev–Trinajstić information content (AvgIpc) is 2.61. The van der Waals surface area contributed by atoms with Crippen molar-refractivity contribution < 1.29 is 4.79 Å². The summed E-state index contributed by atoms with van der Waals surface area (Å²) in [5, 5.41) is 3.64. The number of rotatable bonds is 4. The molecular formula is C18H17N3O2S. The van der Waals surface area contributed by atoms with E-state index in [2.05, 4.69) is 10.3 Å². The molecule has 0 aliphatic carbocycles. The molecule has 1 amide bonds. The van der Waals surface area contributed by atoms with Crippen LogP contribution < -0.4 is 10.9 Å². The number of aromatic nitrogens is 2. The third-order valence-electron chi connectivity index (χ3n) is 3.65. The maximum Gasteiger partial charge on any atom is 0.266 e. The van der Waals surface area contributed by atoms with Crippen LogP contribution in [0.15, 0.2) is 58.5 Å². The molecule has 2 aromatic carbocycles. The van der Waals surface area contributed by atoms with Gasteiger partial charge in [-0.1, -0.05) is 41.6 Å². The van der Waals surface area contributed by atoms with E-state index in [9.17, 15) is 9.59 Å². The quantitative estimate of drug-likeness (QED) is 0.586. The van der Waals surface area contributed by atoms with E-state index in [4.69, 9.17) is 0 Å². The zero-order valence-electron chi connectivity index (χ0n) is 13.4. The number of amides is 1. The van der Waals surface area contributed by atoms with Crippen LogP contribution in [-0.2, 0) is 4.79 Å². The molecule has 122 valence electrons. The fraction of sp³-hybridized carbons (Fsp3) is 0.167. The highest BCUT2D eigenvalue weighted by molar-refractivity contribution is 7.99. The summed E-state index contributed by atoms with van der Waals surface area (Å²) in [7, 11) is 1.59. The van der Waals surface area contributed by atoms with Crippen molar-refractivity contribution in [3.8, 4) is 5.69 Å². The Morgan fingerprint density at radius 3 is 2.58 bits per heavy atom. The minimum absolute atomic E-state index is 0.113.